The summed E-state index contributed by atoms with van der Waals surface area (Å²) in [4.78, 5) is 9.81. The molecule has 0 aromatic heterocycles. The Morgan fingerprint density at radius 2 is 1.46 bits per heavy atom. The lowest BCUT2D eigenvalue weighted by molar-refractivity contribution is -0.116. The SMILES string of the molecule is CC.CCC(C)=O.COCc1cc(C)ccc1-c1ccc(C)cc1. The minimum atomic E-state index is 0.255. The van der Waals surface area contributed by atoms with Crippen LogP contribution in [0.5, 0.6) is 0 Å². The van der Waals surface area contributed by atoms with Crippen molar-refractivity contribution < 1.29 is 9.53 Å². The van der Waals surface area contributed by atoms with E-state index in [0.29, 0.717) is 13.0 Å². The maximum absolute atomic E-state index is 9.81. The number of carbonyl (C=O) groups is 1. The first-order valence-corrected chi connectivity index (χ1v) is 8.62. The molecular weight excluding hydrogens is 296 g/mol. The molecule has 0 aliphatic rings. The second-order valence-electron chi connectivity index (χ2n) is 5.52. The number of rotatable bonds is 4. The van der Waals surface area contributed by atoms with E-state index >= 15 is 0 Å². The second-order valence-corrected chi connectivity index (χ2v) is 5.52. The first kappa shape index (κ1) is 22.1. The molecule has 0 N–H and O–H groups in total. The summed E-state index contributed by atoms with van der Waals surface area (Å²) in [7, 11) is 1.74. The van der Waals surface area contributed by atoms with Gasteiger partial charge in [-0.05, 0) is 37.5 Å². The Labute approximate surface area is 147 Å². The van der Waals surface area contributed by atoms with Crippen LogP contribution in [0.25, 0.3) is 11.1 Å². The summed E-state index contributed by atoms with van der Waals surface area (Å²) in [6.07, 6.45) is 0.667. The standard InChI is InChI=1S/C16H18O.C4H8O.C2H6/c1-12-4-7-14(8-5-12)16-9-6-13(2)10-15(16)11-17-3;1-3-4(2)5;1-2/h4-10H,11H2,1-3H3;3H2,1-2H3;1-2H3. The molecule has 24 heavy (non-hydrogen) atoms. The predicted octanol–water partition coefficient (Wildman–Crippen LogP) is 6.13. The lowest BCUT2D eigenvalue weighted by Crippen LogP contribution is -1.93. The molecule has 132 valence electrons. The van der Waals surface area contributed by atoms with E-state index in [-0.39, 0.29) is 5.78 Å². The van der Waals surface area contributed by atoms with Gasteiger partial charge in [0.05, 0.1) is 6.61 Å². The summed E-state index contributed by atoms with van der Waals surface area (Å²) in [6, 6.07) is 15.1. The Kier molecular flexibility index (Phi) is 11.5. The quantitative estimate of drug-likeness (QED) is 0.675. The van der Waals surface area contributed by atoms with Crippen molar-refractivity contribution in [3.63, 3.8) is 0 Å². The van der Waals surface area contributed by atoms with Crippen LogP contribution in [-0.4, -0.2) is 12.9 Å². The van der Waals surface area contributed by atoms with Crippen molar-refractivity contribution in [3.05, 3.63) is 59.2 Å². The highest BCUT2D eigenvalue weighted by Gasteiger charge is 2.05. The van der Waals surface area contributed by atoms with E-state index in [1.807, 2.05) is 20.8 Å². The summed E-state index contributed by atoms with van der Waals surface area (Å²) >= 11 is 0. The fourth-order valence-electron chi connectivity index (χ4n) is 2.01. The molecule has 0 saturated heterocycles. The van der Waals surface area contributed by atoms with Crippen LogP contribution in [0.3, 0.4) is 0 Å². The number of hydrogen-bond acceptors (Lipinski definition) is 2. The van der Waals surface area contributed by atoms with Crippen molar-refractivity contribution >= 4 is 5.78 Å². The molecule has 0 saturated carbocycles. The van der Waals surface area contributed by atoms with Gasteiger partial charge in [-0.1, -0.05) is 74.4 Å². The first-order valence-electron chi connectivity index (χ1n) is 8.62. The molecule has 0 aliphatic heterocycles. The maximum atomic E-state index is 9.81. The summed E-state index contributed by atoms with van der Waals surface area (Å²) in [5.41, 5.74) is 6.32. The maximum Gasteiger partial charge on any atom is 0.129 e. The van der Waals surface area contributed by atoms with Gasteiger partial charge >= 0.3 is 0 Å². The van der Waals surface area contributed by atoms with E-state index in [9.17, 15) is 4.79 Å². The van der Waals surface area contributed by atoms with E-state index in [4.69, 9.17) is 4.74 Å². The molecule has 0 atom stereocenters. The lowest BCUT2D eigenvalue weighted by Gasteiger charge is -2.10. The van der Waals surface area contributed by atoms with E-state index in [0.717, 1.165) is 0 Å². The minimum Gasteiger partial charge on any atom is -0.380 e. The molecule has 2 aromatic carbocycles. The number of ketones is 1. The van der Waals surface area contributed by atoms with E-state index in [2.05, 4.69) is 56.3 Å². The van der Waals surface area contributed by atoms with Crippen LogP contribution in [0.4, 0.5) is 0 Å². The number of ether oxygens (including phenoxy) is 1. The Balaban J connectivity index is 0.000000650. The van der Waals surface area contributed by atoms with E-state index in [1.165, 1.54) is 27.8 Å². The third-order valence-electron chi connectivity index (χ3n) is 3.42. The average molecular weight is 328 g/mol. The van der Waals surface area contributed by atoms with E-state index in [1.54, 1.807) is 14.0 Å². The van der Waals surface area contributed by atoms with Gasteiger partial charge < -0.3 is 9.53 Å². The smallest absolute Gasteiger partial charge is 0.129 e. The number of benzene rings is 2. The number of methoxy groups -OCH3 is 1. The third kappa shape index (κ3) is 8.07. The van der Waals surface area contributed by atoms with Crippen LogP contribution in [0.15, 0.2) is 42.5 Å². The number of aryl methyl sites for hydroxylation is 2. The van der Waals surface area contributed by atoms with Gasteiger partial charge in [-0.2, -0.15) is 0 Å². The van der Waals surface area contributed by atoms with Crippen molar-refractivity contribution in [2.24, 2.45) is 0 Å². The first-order chi connectivity index (χ1) is 11.5. The molecule has 0 radical (unpaired) electrons. The normalized spacial score (nSPS) is 9.29. The highest BCUT2D eigenvalue weighted by atomic mass is 16.5. The summed E-state index contributed by atoms with van der Waals surface area (Å²) < 4.78 is 5.27. The van der Waals surface area contributed by atoms with Gasteiger partial charge in [0.1, 0.15) is 5.78 Å². The fourth-order valence-corrected chi connectivity index (χ4v) is 2.01. The lowest BCUT2D eigenvalue weighted by atomic mass is 9.97. The average Bonchev–Trinajstić information content (AvgIpc) is 2.59. The molecule has 2 rings (SSSR count). The summed E-state index contributed by atoms with van der Waals surface area (Å²) in [5.74, 6) is 0.255. The molecule has 2 heteroatoms. The van der Waals surface area contributed by atoms with Crippen LogP contribution >= 0.6 is 0 Å². The summed E-state index contributed by atoms with van der Waals surface area (Å²) in [5, 5.41) is 0. The van der Waals surface area contributed by atoms with Gasteiger partial charge in [0.2, 0.25) is 0 Å². The van der Waals surface area contributed by atoms with Gasteiger partial charge in [0, 0.05) is 13.5 Å². The molecule has 2 nitrogen and oxygen atoms in total. The van der Waals surface area contributed by atoms with Crippen LogP contribution in [0.2, 0.25) is 0 Å². The Hall–Kier alpha value is -1.93. The molecule has 0 spiro atoms. The number of hydrogen-bond donors (Lipinski definition) is 0. The van der Waals surface area contributed by atoms with Crippen LogP contribution in [0, 0.1) is 13.8 Å². The molecular formula is C22H32O2. The molecule has 0 amide bonds. The molecule has 0 fully saturated rings. The summed E-state index contributed by atoms with van der Waals surface area (Å²) in [6.45, 7) is 12.3. The Morgan fingerprint density at radius 1 is 0.958 bits per heavy atom. The van der Waals surface area contributed by atoms with Gasteiger partial charge in [-0.15, -0.1) is 0 Å². The van der Waals surface area contributed by atoms with Crippen molar-refractivity contribution in [2.75, 3.05) is 7.11 Å². The van der Waals surface area contributed by atoms with Gasteiger partial charge in [-0.25, -0.2) is 0 Å². The van der Waals surface area contributed by atoms with Crippen molar-refractivity contribution in [3.8, 4) is 11.1 Å². The molecule has 2 aromatic rings. The van der Waals surface area contributed by atoms with Crippen molar-refractivity contribution in [1.29, 1.82) is 0 Å². The number of carbonyl (C=O) groups excluding carboxylic acids is 1. The van der Waals surface area contributed by atoms with Crippen molar-refractivity contribution in [2.45, 2.75) is 54.6 Å². The van der Waals surface area contributed by atoms with Crippen LogP contribution < -0.4 is 0 Å². The highest BCUT2D eigenvalue weighted by Crippen LogP contribution is 2.25. The zero-order valence-electron chi connectivity index (χ0n) is 16.3. The third-order valence-corrected chi connectivity index (χ3v) is 3.42. The zero-order valence-corrected chi connectivity index (χ0v) is 16.3. The van der Waals surface area contributed by atoms with Crippen molar-refractivity contribution in [1.82, 2.24) is 0 Å². The van der Waals surface area contributed by atoms with Crippen LogP contribution in [0.1, 0.15) is 50.8 Å². The van der Waals surface area contributed by atoms with Crippen LogP contribution in [-0.2, 0) is 16.1 Å². The number of Topliss-reactive ketones (excluding diaryl/α,β-unsaturated/α-hetero) is 1. The monoisotopic (exact) mass is 328 g/mol. The molecule has 0 unspecified atom stereocenters. The molecule has 0 aliphatic carbocycles. The zero-order chi connectivity index (χ0) is 18.5. The Bertz CT molecular complexity index is 598. The highest BCUT2D eigenvalue weighted by molar-refractivity contribution is 5.74. The predicted molar refractivity (Wildman–Crippen MR) is 104 cm³/mol. The molecule has 0 bridgehead atoms. The fraction of sp³-hybridized carbons (Fsp3) is 0.409. The van der Waals surface area contributed by atoms with Gasteiger partial charge in [-0.3, -0.25) is 0 Å². The largest absolute Gasteiger partial charge is 0.380 e. The second kappa shape index (κ2) is 12.5. The molecule has 0 heterocycles. The topological polar surface area (TPSA) is 26.3 Å². The van der Waals surface area contributed by atoms with Gasteiger partial charge in [0.25, 0.3) is 0 Å². The van der Waals surface area contributed by atoms with Gasteiger partial charge in [0.15, 0.2) is 0 Å². The van der Waals surface area contributed by atoms with E-state index < -0.39 is 0 Å². The Morgan fingerprint density at radius 3 is 1.92 bits per heavy atom. The minimum absolute atomic E-state index is 0.255.